The molecule has 6 heteroatoms. The van der Waals surface area contributed by atoms with Crippen LogP contribution in [0.2, 0.25) is 0 Å². The van der Waals surface area contributed by atoms with E-state index in [-0.39, 0.29) is 23.8 Å². The monoisotopic (exact) mass is 386 g/mol. The number of thiophene rings is 1. The molecule has 2 atom stereocenters. The van der Waals surface area contributed by atoms with E-state index in [4.69, 9.17) is 4.74 Å². The highest BCUT2D eigenvalue weighted by molar-refractivity contribution is 7.10. The van der Waals surface area contributed by atoms with Crippen LogP contribution in [0.25, 0.3) is 0 Å². The van der Waals surface area contributed by atoms with Crippen LogP contribution in [0, 0.1) is 5.92 Å². The van der Waals surface area contributed by atoms with E-state index >= 15 is 0 Å². The lowest BCUT2D eigenvalue weighted by Gasteiger charge is -2.39. The van der Waals surface area contributed by atoms with Crippen LogP contribution in [-0.2, 0) is 20.7 Å². The minimum atomic E-state index is -0.172. The SMILES string of the molecule is COCCNC(=O)C1CCC(c2ccccc2)N(C(=O)Cc2cccs2)C1. The average molecular weight is 387 g/mol. The number of nitrogens with one attached hydrogen (secondary N) is 1. The number of amides is 2. The van der Waals surface area contributed by atoms with Crippen LogP contribution >= 0.6 is 11.3 Å². The molecule has 1 aliphatic rings. The molecule has 0 radical (unpaired) electrons. The third kappa shape index (κ3) is 5.17. The zero-order valence-electron chi connectivity index (χ0n) is 15.6. The van der Waals surface area contributed by atoms with Crippen LogP contribution in [0.1, 0.15) is 29.3 Å². The number of nitrogens with zero attached hydrogens (tertiary/aromatic N) is 1. The fraction of sp³-hybridized carbons (Fsp3) is 0.429. The zero-order chi connectivity index (χ0) is 19.1. The Kier molecular flexibility index (Phi) is 7.01. The van der Waals surface area contributed by atoms with Crippen molar-refractivity contribution in [2.75, 3.05) is 26.8 Å². The predicted octanol–water partition coefficient (Wildman–Crippen LogP) is 3.03. The Labute approximate surface area is 164 Å². The molecule has 2 heterocycles. The van der Waals surface area contributed by atoms with E-state index in [2.05, 4.69) is 17.4 Å². The van der Waals surface area contributed by atoms with E-state index in [0.717, 1.165) is 23.3 Å². The number of carbonyl (C=O) groups is 2. The molecule has 2 amide bonds. The number of ether oxygens (including phenoxy) is 1. The molecule has 144 valence electrons. The standard InChI is InChI=1S/C21H26N2O3S/c1-26-12-11-22-21(25)17-9-10-19(16-6-3-2-4-7-16)23(15-17)20(24)14-18-8-5-13-27-18/h2-8,13,17,19H,9-12,14-15H2,1H3,(H,22,25). The maximum absolute atomic E-state index is 13.1. The van der Waals surface area contributed by atoms with Gasteiger partial charge in [0, 0.05) is 25.1 Å². The van der Waals surface area contributed by atoms with Crippen LogP contribution in [0.4, 0.5) is 0 Å². The van der Waals surface area contributed by atoms with E-state index in [1.807, 2.05) is 40.6 Å². The summed E-state index contributed by atoms with van der Waals surface area (Å²) in [5.41, 5.74) is 1.13. The van der Waals surface area contributed by atoms with Gasteiger partial charge in [-0.2, -0.15) is 0 Å². The Balaban J connectivity index is 1.73. The number of carbonyl (C=O) groups excluding carboxylic acids is 2. The van der Waals surface area contributed by atoms with Crippen molar-refractivity contribution in [3.63, 3.8) is 0 Å². The van der Waals surface area contributed by atoms with Gasteiger partial charge in [-0.05, 0) is 29.9 Å². The quantitative estimate of drug-likeness (QED) is 0.744. The summed E-state index contributed by atoms with van der Waals surface area (Å²) in [5.74, 6) is -0.0812. The van der Waals surface area contributed by atoms with Gasteiger partial charge in [0.15, 0.2) is 0 Å². The molecule has 3 rings (SSSR count). The predicted molar refractivity (Wildman–Crippen MR) is 107 cm³/mol. The van der Waals surface area contributed by atoms with Crippen LogP contribution in [0.5, 0.6) is 0 Å². The molecule has 2 unspecified atom stereocenters. The molecule has 1 fully saturated rings. The number of methoxy groups -OCH3 is 1. The minimum absolute atomic E-state index is 0.00693. The van der Waals surface area contributed by atoms with Crippen molar-refractivity contribution in [1.82, 2.24) is 10.2 Å². The number of hydrogen-bond donors (Lipinski definition) is 1. The first-order valence-corrected chi connectivity index (χ1v) is 10.2. The minimum Gasteiger partial charge on any atom is -0.383 e. The van der Waals surface area contributed by atoms with E-state index in [9.17, 15) is 9.59 Å². The summed E-state index contributed by atoms with van der Waals surface area (Å²) in [7, 11) is 1.61. The van der Waals surface area contributed by atoms with E-state index in [0.29, 0.717) is 26.1 Å². The fourth-order valence-corrected chi connectivity index (χ4v) is 4.26. The van der Waals surface area contributed by atoms with Gasteiger partial charge in [-0.15, -0.1) is 11.3 Å². The second-order valence-electron chi connectivity index (χ2n) is 6.79. The summed E-state index contributed by atoms with van der Waals surface area (Å²) < 4.78 is 4.99. The average Bonchev–Trinajstić information content (AvgIpc) is 3.21. The van der Waals surface area contributed by atoms with Gasteiger partial charge in [0.05, 0.1) is 25.0 Å². The maximum Gasteiger partial charge on any atom is 0.228 e. The lowest BCUT2D eigenvalue weighted by Crippen LogP contribution is -2.47. The molecule has 1 aliphatic heterocycles. The van der Waals surface area contributed by atoms with Crippen LogP contribution in [0.3, 0.4) is 0 Å². The molecule has 0 bridgehead atoms. The molecule has 27 heavy (non-hydrogen) atoms. The highest BCUT2D eigenvalue weighted by Crippen LogP contribution is 2.34. The van der Waals surface area contributed by atoms with Gasteiger partial charge in [-0.3, -0.25) is 9.59 Å². The van der Waals surface area contributed by atoms with E-state index < -0.39 is 0 Å². The highest BCUT2D eigenvalue weighted by Gasteiger charge is 2.35. The smallest absolute Gasteiger partial charge is 0.228 e. The third-order valence-corrected chi connectivity index (χ3v) is 5.84. The Bertz CT molecular complexity index is 733. The molecule has 0 saturated carbocycles. The fourth-order valence-electron chi connectivity index (χ4n) is 3.57. The molecule has 2 aromatic rings. The number of hydrogen-bond acceptors (Lipinski definition) is 4. The van der Waals surface area contributed by atoms with Crippen molar-refractivity contribution >= 4 is 23.2 Å². The summed E-state index contributed by atoms with van der Waals surface area (Å²) in [6, 6.07) is 14.1. The Morgan fingerprint density at radius 2 is 2.00 bits per heavy atom. The van der Waals surface area contributed by atoms with Crippen LogP contribution in [0.15, 0.2) is 47.8 Å². The van der Waals surface area contributed by atoms with Gasteiger partial charge >= 0.3 is 0 Å². The lowest BCUT2D eigenvalue weighted by molar-refractivity contribution is -0.138. The summed E-state index contributed by atoms with van der Waals surface area (Å²) in [6.07, 6.45) is 1.96. The van der Waals surface area contributed by atoms with Gasteiger partial charge in [-0.1, -0.05) is 36.4 Å². The van der Waals surface area contributed by atoms with Crippen molar-refractivity contribution in [3.8, 4) is 0 Å². The zero-order valence-corrected chi connectivity index (χ0v) is 16.4. The first-order valence-electron chi connectivity index (χ1n) is 9.32. The molecular formula is C21H26N2O3S. The number of likely N-dealkylation sites (tertiary alicyclic amines) is 1. The lowest BCUT2D eigenvalue weighted by atomic mass is 9.88. The molecule has 5 nitrogen and oxygen atoms in total. The maximum atomic E-state index is 13.1. The molecule has 1 saturated heterocycles. The van der Waals surface area contributed by atoms with Gasteiger partial charge in [0.1, 0.15) is 0 Å². The Morgan fingerprint density at radius 3 is 2.70 bits per heavy atom. The number of rotatable bonds is 7. The highest BCUT2D eigenvalue weighted by atomic mass is 32.1. The molecule has 1 N–H and O–H groups in total. The first-order chi connectivity index (χ1) is 13.2. The summed E-state index contributed by atoms with van der Waals surface area (Å²) in [6.45, 7) is 1.45. The van der Waals surface area contributed by atoms with Gasteiger partial charge in [0.25, 0.3) is 0 Å². The molecule has 0 spiro atoms. The Hall–Kier alpha value is -2.18. The van der Waals surface area contributed by atoms with Crippen molar-refractivity contribution in [3.05, 3.63) is 58.3 Å². The molecule has 0 aliphatic carbocycles. The van der Waals surface area contributed by atoms with Crippen LogP contribution < -0.4 is 5.32 Å². The largest absolute Gasteiger partial charge is 0.383 e. The third-order valence-electron chi connectivity index (χ3n) is 4.97. The van der Waals surface area contributed by atoms with E-state index in [1.54, 1.807) is 18.4 Å². The Morgan fingerprint density at radius 1 is 1.19 bits per heavy atom. The topological polar surface area (TPSA) is 58.6 Å². The van der Waals surface area contributed by atoms with Crippen molar-refractivity contribution in [2.45, 2.75) is 25.3 Å². The van der Waals surface area contributed by atoms with E-state index in [1.165, 1.54) is 0 Å². The second kappa shape index (κ2) is 9.67. The van der Waals surface area contributed by atoms with Crippen molar-refractivity contribution < 1.29 is 14.3 Å². The molecule has 1 aromatic heterocycles. The first kappa shape index (κ1) is 19.6. The van der Waals surface area contributed by atoms with Gasteiger partial charge < -0.3 is 15.0 Å². The van der Waals surface area contributed by atoms with Gasteiger partial charge in [0.2, 0.25) is 11.8 Å². The van der Waals surface area contributed by atoms with Crippen LogP contribution in [-0.4, -0.2) is 43.5 Å². The van der Waals surface area contributed by atoms with Crippen molar-refractivity contribution in [2.24, 2.45) is 5.92 Å². The molecular weight excluding hydrogens is 360 g/mol. The number of piperidine rings is 1. The van der Waals surface area contributed by atoms with Crippen molar-refractivity contribution in [1.29, 1.82) is 0 Å². The summed E-state index contributed by atoms with van der Waals surface area (Å²) in [5, 5.41) is 4.90. The normalized spacial score (nSPS) is 19.7. The number of benzene rings is 1. The van der Waals surface area contributed by atoms with Gasteiger partial charge in [-0.25, -0.2) is 0 Å². The second-order valence-corrected chi connectivity index (χ2v) is 7.82. The summed E-state index contributed by atoms with van der Waals surface area (Å²) in [4.78, 5) is 28.5. The molecule has 1 aromatic carbocycles. The summed E-state index contributed by atoms with van der Waals surface area (Å²) >= 11 is 1.59.